The number of carbonyl (C=O) groups is 1. The van der Waals surface area contributed by atoms with Crippen molar-refractivity contribution in [2.45, 2.75) is 0 Å². The van der Waals surface area contributed by atoms with Gasteiger partial charge in [-0.2, -0.15) is 0 Å². The molecule has 0 saturated heterocycles. The highest BCUT2D eigenvalue weighted by molar-refractivity contribution is 7.96. The number of fused-ring (bicyclic) bond motifs is 2. The Morgan fingerprint density at radius 2 is 1.61 bits per heavy atom. The molecular formula is C13H8N2O2S. The molecular weight excluding hydrogens is 248 g/mol. The van der Waals surface area contributed by atoms with Gasteiger partial charge in [-0.1, -0.05) is 30.8 Å². The second-order valence-corrected chi connectivity index (χ2v) is 4.07. The molecule has 0 aliphatic heterocycles. The van der Waals surface area contributed by atoms with E-state index in [0.29, 0.717) is 16.8 Å². The van der Waals surface area contributed by atoms with Crippen LogP contribution in [-0.2, 0) is 0 Å². The second-order valence-electron chi connectivity index (χ2n) is 3.70. The molecule has 2 aromatic carbocycles. The fourth-order valence-corrected chi connectivity index (χ4v) is 1.89. The van der Waals surface area contributed by atoms with Crippen molar-refractivity contribution >= 4 is 40.0 Å². The number of thiol groups is 1. The topological polar surface area (TPSA) is 52.1 Å². The molecule has 0 spiro atoms. The van der Waals surface area contributed by atoms with Crippen LogP contribution in [0.1, 0.15) is 0 Å². The van der Waals surface area contributed by atoms with Crippen LogP contribution in [0.3, 0.4) is 0 Å². The van der Waals surface area contributed by atoms with Gasteiger partial charge in [0.05, 0.1) is 16.6 Å². The maximum absolute atomic E-state index is 10.9. The summed E-state index contributed by atoms with van der Waals surface area (Å²) in [5.41, 5.74) is 2.80. The van der Waals surface area contributed by atoms with Gasteiger partial charge in [0.2, 0.25) is 0 Å². The molecule has 18 heavy (non-hydrogen) atoms. The summed E-state index contributed by atoms with van der Waals surface area (Å²) in [6.07, 6.45) is 0. The molecule has 0 unspecified atom stereocenters. The third kappa shape index (κ3) is 1.89. The van der Waals surface area contributed by atoms with Crippen molar-refractivity contribution < 1.29 is 9.53 Å². The van der Waals surface area contributed by atoms with Gasteiger partial charge in [-0.25, -0.2) is 14.8 Å². The molecule has 5 heteroatoms. The number of para-hydroxylation sites is 3. The van der Waals surface area contributed by atoms with E-state index in [1.165, 1.54) is 0 Å². The average Bonchev–Trinajstić information content (AvgIpc) is 2.36. The van der Waals surface area contributed by atoms with Gasteiger partial charge in [0, 0.05) is 0 Å². The fraction of sp³-hybridized carbons (Fsp3) is 0. The molecule has 0 atom stereocenters. The van der Waals surface area contributed by atoms with E-state index in [1.807, 2.05) is 30.3 Å². The van der Waals surface area contributed by atoms with Crippen molar-refractivity contribution in [1.82, 2.24) is 9.97 Å². The van der Waals surface area contributed by atoms with Crippen LogP contribution in [0.25, 0.3) is 22.1 Å². The standard InChI is InChI=1S/C13H8N2O2S/c16-13(18)17-11-7-3-6-10-12(11)15-9-5-2-1-4-8(9)14-10/h1-7H,(H,16,18). The number of hydrogen-bond acceptors (Lipinski definition) is 4. The number of aromatic nitrogens is 2. The summed E-state index contributed by atoms with van der Waals surface area (Å²) in [6, 6.07) is 12.8. The molecule has 0 fully saturated rings. The third-order valence-corrected chi connectivity index (χ3v) is 2.62. The molecule has 4 nitrogen and oxygen atoms in total. The van der Waals surface area contributed by atoms with Gasteiger partial charge >= 0.3 is 5.30 Å². The van der Waals surface area contributed by atoms with E-state index in [4.69, 9.17) is 4.74 Å². The molecule has 3 rings (SSSR count). The SMILES string of the molecule is O=C(S)Oc1cccc2nc3ccccc3nc12. The first kappa shape index (κ1) is 11.0. The van der Waals surface area contributed by atoms with Gasteiger partial charge in [-0.15, -0.1) is 0 Å². The van der Waals surface area contributed by atoms with E-state index >= 15 is 0 Å². The van der Waals surface area contributed by atoms with Gasteiger partial charge in [0.25, 0.3) is 0 Å². The smallest absolute Gasteiger partial charge is 0.369 e. The van der Waals surface area contributed by atoms with Crippen LogP contribution in [0, 0.1) is 0 Å². The third-order valence-electron chi connectivity index (χ3n) is 2.53. The maximum Gasteiger partial charge on any atom is 0.369 e. The first-order chi connectivity index (χ1) is 8.74. The minimum atomic E-state index is -0.669. The quantitative estimate of drug-likeness (QED) is 0.412. The molecule has 0 aliphatic rings. The predicted molar refractivity (Wildman–Crippen MR) is 72.1 cm³/mol. The van der Waals surface area contributed by atoms with Crippen LogP contribution in [0.4, 0.5) is 4.79 Å². The van der Waals surface area contributed by atoms with Crippen molar-refractivity contribution in [3.63, 3.8) is 0 Å². The molecule has 0 N–H and O–H groups in total. The zero-order valence-electron chi connectivity index (χ0n) is 9.20. The maximum atomic E-state index is 10.9. The van der Waals surface area contributed by atoms with Gasteiger partial charge in [-0.05, 0) is 24.3 Å². The molecule has 1 heterocycles. The van der Waals surface area contributed by atoms with E-state index in [0.717, 1.165) is 11.0 Å². The van der Waals surface area contributed by atoms with E-state index < -0.39 is 5.30 Å². The Labute approximate surface area is 108 Å². The zero-order chi connectivity index (χ0) is 12.5. The van der Waals surface area contributed by atoms with Crippen molar-refractivity contribution in [3.05, 3.63) is 42.5 Å². The van der Waals surface area contributed by atoms with Crippen molar-refractivity contribution in [3.8, 4) is 5.75 Å². The molecule has 1 aromatic heterocycles. The Kier molecular flexibility index (Phi) is 2.60. The second kappa shape index (κ2) is 4.27. The summed E-state index contributed by atoms with van der Waals surface area (Å²) >= 11 is 3.60. The highest BCUT2D eigenvalue weighted by Gasteiger charge is 2.08. The minimum Gasteiger partial charge on any atom is -0.416 e. The van der Waals surface area contributed by atoms with E-state index in [1.54, 1.807) is 12.1 Å². The number of benzene rings is 2. The van der Waals surface area contributed by atoms with Crippen LogP contribution >= 0.6 is 12.6 Å². The van der Waals surface area contributed by atoms with Crippen LogP contribution in [-0.4, -0.2) is 15.3 Å². The minimum absolute atomic E-state index is 0.366. The first-order valence-electron chi connectivity index (χ1n) is 5.30. The van der Waals surface area contributed by atoms with E-state index in [-0.39, 0.29) is 0 Å². The van der Waals surface area contributed by atoms with Gasteiger partial charge in [-0.3, -0.25) is 0 Å². The molecule has 0 bridgehead atoms. The van der Waals surface area contributed by atoms with Crippen LogP contribution in [0.15, 0.2) is 42.5 Å². The lowest BCUT2D eigenvalue weighted by molar-refractivity contribution is 0.228. The lowest BCUT2D eigenvalue weighted by Crippen LogP contribution is -1.98. The Morgan fingerprint density at radius 1 is 0.944 bits per heavy atom. The van der Waals surface area contributed by atoms with Crippen LogP contribution < -0.4 is 4.74 Å². The van der Waals surface area contributed by atoms with Crippen LogP contribution in [0.2, 0.25) is 0 Å². The summed E-state index contributed by atoms with van der Waals surface area (Å²) in [5, 5.41) is -0.669. The molecule has 0 amide bonds. The highest BCUT2D eigenvalue weighted by atomic mass is 32.1. The first-order valence-corrected chi connectivity index (χ1v) is 5.75. The molecule has 3 aromatic rings. The number of hydrogen-bond donors (Lipinski definition) is 1. The molecule has 0 radical (unpaired) electrons. The van der Waals surface area contributed by atoms with Gasteiger partial charge in [0.1, 0.15) is 5.52 Å². The molecule has 0 aliphatic carbocycles. The Morgan fingerprint density at radius 3 is 2.33 bits per heavy atom. The molecule has 88 valence electrons. The monoisotopic (exact) mass is 256 g/mol. The Hall–Kier alpha value is -2.14. The number of ether oxygens (including phenoxy) is 1. The van der Waals surface area contributed by atoms with Crippen molar-refractivity contribution in [2.75, 3.05) is 0 Å². The van der Waals surface area contributed by atoms with Crippen LogP contribution in [0.5, 0.6) is 5.75 Å². The van der Waals surface area contributed by atoms with Gasteiger partial charge < -0.3 is 4.74 Å². The summed E-state index contributed by atoms with van der Waals surface area (Å²) in [7, 11) is 0. The lowest BCUT2D eigenvalue weighted by atomic mass is 10.2. The van der Waals surface area contributed by atoms with E-state index in [2.05, 4.69) is 22.6 Å². The Balaban J connectivity index is 2.32. The predicted octanol–water partition coefficient (Wildman–Crippen LogP) is 3.21. The zero-order valence-corrected chi connectivity index (χ0v) is 10.1. The summed E-state index contributed by atoms with van der Waals surface area (Å²) in [4.78, 5) is 19.8. The van der Waals surface area contributed by atoms with Crippen molar-refractivity contribution in [1.29, 1.82) is 0 Å². The number of carbonyl (C=O) groups excluding carboxylic acids is 1. The summed E-state index contributed by atoms with van der Waals surface area (Å²) in [6.45, 7) is 0. The number of nitrogens with zero attached hydrogens (tertiary/aromatic N) is 2. The van der Waals surface area contributed by atoms with Gasteiger partial charge in [0.15, 0.2) is 5.75 Å². The molecule has 0 saturated carbocycles. The Bertz CT molecular complexity index is 758. The normalized spacial score (nSPS) is 10.7. The fourth-order valence-electron chi connectivity index (χ4n) is 1.79. The summed E-state index contributed by atoms with van der Waals surface area (Å²) < 4.78 is 5.00. The van der Waals surface area contributed by atoms with E-state index in [9.17, 15) is 4.79 Å². The lowest BCUT2D eigenvalue weighted by Gasteiger charge is -2.05. The summed E-state index contributed by atoms with van der Waals surface area (Å²) in [5.74, 6) is 0.366. The largest absolute Gasteiger partial charge is 0.416 e. The average molecular weight is 256 g/mol. The highest BCUT2D eigenvalue weighted by Crippen LogP contribution is 2.25. The van der Waals surface area contributed by atoms with Crippen molar-refractivity contribution in [2.24, 2.45) is 0 Å². The number of rotatable bonds is 1.